The van der Waals surface area contributed by atoms with Gasteiger partial charge in [-0.15, -0.1) is 0 Å². The maximum atomic E-state index is 12.3. The zero-order valence-electron chi connectivity index (χ0n) is 15.1. The van der Waals surface area contributed by atoms with Gasteiger partial charge in [0.25, 0.3) is 0 Å². The van der Waals surface area contributed by atoms with Crippen molar-refractivity contribution in [1.29, 1.82) is 0 Å². The number of hydrogen-bond acceptors (Lipinski definition) is 6. The monoisotopic (exact) mass is 335 g/mol. The Kier molecular flexibility index (Phi) is 6.26. The number of rotatable bonds is 5. The molecule has 1 aromatic heterocycles. The highest BCUT2D eigenvalue weighted by Crippen LogP contribution is 2.20. The average molecular weight is 335 g/mol. The number of aliphatic hydroxyl groups is 1. The number of carbonyl (C=O) groups is 1. The van der Waals surface area contributed by atoms with Crippen LogP contribution in [0.3, 0.4) is 0 Å². The molecule has 0 saturated carbocycles. The van der Waals surface area contributed by atoms with Crippen LogP contribution in [0.25, 0.3) is 0 Å². The first-order valence-corrected chi connectivity index (χ1v) is 8.49. The van der Waals surface area contributed by atoms with Crippen LogP contribution < -0.4 is 5.32 Å². The fourth-order valence-corrected chi connectivity index (χ4v) is 2.60. The standard InChI is InChI=1S/C17H29N5O2/c1-13(15(24)20-16-18-6-5-7-19-16)22-10-8-21(9-11-22)12-14(23)17(2,3)4/h5-7,13-14,23H,8-12H2,1-4H3,(H,18,19,20,24)/t13-,14-/m0/s1. The van der Waals surface area contributed by atoms with E-state index in [1.807, 2.05) is 27.7 Å². The molecule has 1 aliphatic heterocycles. The molecule has 134 valence electrons. The number of hydrogen-bond donors (Lipinski definition) is 2. The van der Waals surface area contributed by atoms with Crippen molar-refractivity contribution < 1.29 is 9.90 Å². The zero-order chi connectivity index (χ0) is 17.7. The number of amides is 1. The molecule has 1 aromatic rings. The third-order valence-corrected chi connectivity index (χ3v) is 4.57. The van der Waals surface area contributed by atoms with Crippen LogP contribution in [0.1, 0.15) is 27.7 Å². The third-order valence-electron chi connectivity index (χ3n) is 4.57. The lowest BCUT2D eigenvalue weighted by atomic mass is 9.89. The first kappa shape index (κ1) is 18.8. The number of carbonyl (C=O) groups excluding carboxylic acids is 1. The van der Waals surface area contributed by atoms with Gasteiger partial charge in [-0.2, -0.15) is 0 Å². The molecule has 1 amide bonds. The normalized spacial score (nSPS) is 19.7. The summed E-state index contributed by atoms with van der Waals surface area (Å²) in [5.41, 5.74) is -0.111. The van der Waals surface area contributed by atoms with Crippen LogP contribution in [0.2, 0.25) is 0 Å². The molecule has 0 unspecified atom stereocenters. The molecule has 1 fully saturated rings. The van der Waals surface area contributed by atoms with E-state index >= 15 is 0 Å². The van der Waals surface area contributed by atoms with Crippen molar-refractivity contribution in [1.82, 2.24) is 19.8 Å². The summed E-state index contributed by atoms with van der Waals surface area (Å²) >= 11 is 0. The zero-order valence-corrected chi connectivity index (χ0v) is 15.1. The van der Waals surface area contributed by atoms with E-state index in [1.165, 1.54) is 0 Å². The Balaban J connectivity index is 1.80. The van der Waals surface area contributed by atoms with Crippen molar-refractivity contribution in [2.75, 3.05) is 38.0 Å². The van der Waals surface area contributed by atoms with E-state index in [4.69, 9.17) is 0 Å². The van der Waals surface area contributed by atoms with E-state index in [2.05, 4.69) is 25.1 Å². The molecule has 0 radical (unpaired) electrons. The lowest BCUT2D eigenvalue weighted by Gasteiger charge is -2.39. The molecule has 2 N–H and O–H groups in total. The third kappa shape index (κ3) is 5.22. The van der Waals surface area contributed by atoms with E-state index in [0.29, 0.717) is 12.5 Å². The first-order valence-electron chi connectivity index (χ1n) is 8.49. The highest BCUT2D eigenvalue weighted by Gasteiger charge is 2.29. The quantitative estimate of drug-likeness (QED) is 0.829. The summed E-state index contributed by atoms with van der Waals surface area (Å²) in [4.78, 5) is 24.8. The van der Waals surface area contributed by atoms with Gasteiger partial charge in [-0.05, 0) is 18.4 Å². The topological polar surface area (TPSA) is 81.6 Å². The van der Waals surface area contributed by atoms with Crippen molar-refractivity contribution in [3.8, 4) is 0 Å². The Labute approximate surface area is 144 Å². The molecule has 0 aromatic carbocycles. The van der Waals surface area contributed by atoms with Crippen molar-refractivity contribution in [3.63, 3.8) is 0 Å². The summed E-state index contributed by atoms with van der Waals surface area (Å²) < 4.78 is 0. The highest BCUT2D eigenvalue weighted by atomic mass is 16.3. The molecule has 7 nitrogen and oxygen atoms in total. The lowest BCUT2D eigenvalue weighted by Crippen LogP contribution is -2.54. The van der Waals surface area contributed by atoms with E-state index in [9.17, 15) is 9.90 Å². The smallest absolute Gasteiger partial charge is 0.243 e. The molecule has 0 bridgehead atoms. The number of nitrogens with one attached hydrogen (secondary N) is 1. The Morgan fingerprint density at radius 1 is 1.25 bits per heavy atom. The van der Waals surface area contributed by atoms with Gasteiger partial charge in [0, 0.05) is 45.1 Å². The van der Waals surface area contributed by atoms with Crippen LogP contribution in [0, 0.1) is 5.41 Å². The lowest BCUT2D eigenvalue weighted by molar-refractivity contribution is -0.121. The molecule has 1 aliphatic rings. The van der Waals surface area contributed by atoms with Gasteiger partial charge in [0.15, 0.2) is 0 Å². The van der Waals surface area contributed by atoms with Crippen LogP contribution >= 0.6 is 0 Å². The molecule has 24 heavy (non-hydrogen) atoms. The Bertz CT molecular complexity index is 524. The molecule has 2 atom stereocenters. The van der Waals surface area contributed by atoms with Gasteiger partial charge in [0.2, 0.25) is 11.9 Å². The minimum absolute atomic E-state index is 0.0932. The number of aliphatic hydroxyl groups excluding tert-OH is 1. The number of aromatic nitrogens is 2. The second-order valence-electron chi connectivity index (χ2n) is 7.46. The summed E-state index contributed by atoms with van der Waals surface area (Å²) in [6, 6.07) is 1.48. The van der Waals surface area contributed by atoms with E-state index in [0.717, 1.165) is 26.2 Å². The van der Waals surface area contributed by atoms with Crippen molar-refractivity contribution in [3.05, 3.63) is 18.5 Å². The summed E-state index contributed by atoms with van der Waals surface area (Å²) in [5, 5.41) is 13.0. The minimum Gasteiger partial charge on any atom is -0.391 e. The number of piperazine rings is 1. The average Bonchev–Trinajstić information content (AvgIpc) is 2.55. The highest BCUT2D eigenvalue weighted by molar-refractivity contribution is 5.93. The Morgan fingerprint density at radius 3 is 2.38 bits per heavy atom. The predicted molar refractivity (Wildman–Crippen MR) is 93.6 cm³/mol. The molecule has 7 heteroatoms. The number of anilines is 1. The van der Waals surface area contributed by atoms with Crippen molar-refractivity contribution in [2.24, 2.45) is 5.41 Å². The summed E-state index contributed by atoms with van der Waals surface area (Å²) in [5.74, 6) is 0.241. The van der Waals surface area contributed by atoms with E-state index in [-0.39, 0.29) is 23.5 Å². The summed E-state index contributed by atoms with van der Waals surface area (Å²) in [6.45, 7) is 12.0. The Morgan fingerprint density at radius 2 is 1.83 bits per heavy atom. The predicted octanol–water partition coefficient (Wildman–Crippen LogP) is 0.828. The van der Waals surface area contributed by atoms with E-state index < -0.39 is 0 Å². The molecule has 0 aliphatic carbocycles. The van der Waals surface area contributed by atoms with Crippen LogP contribution in [-0.2, 0) is 4.79 Å². The SMILES string of the molecule is C[C@@H](C(=O)Nc1ncccn1)N1CCN(C[C@H](O)C(C)(C)C)CC1. The van der Waals surface area contributed by atoms with Crippen molar-refractivity contribution >= 4 is 11.9 Å². The van der Waals surface area contributed by atoms with Gasteiger partial charge in [-0.3, -0.25) is 19.9 Å². The van der Waals surface area contributed by atoms with Crippen LogP contribution in [0.4, 0.5) is 5.95 Å². The van der Waals surface area contributed by atoms with Gasteiger partial charge >= 0.3 is 0 Å². The van der Waals surface area contributed by atoms with Crippen LogP contribution in [0.15, 0.2) is 18.5 Å². The summed E-state index contributed by atoms with van der Waals surface area (Å²) in [6.07, 6.45) is 2.86. The molecular weight excluding hydrogens is 306 g/mol. The van der Waals surface area contributed by atoms with E-state index in [1.54, 1.807) is 18.5 Å². The van der Waals surface area contributed by atoms with Crippen molar-refractivity contribution in [2.45, 2.75) is 39.8 Å². The van der Waals surface area contributed by atoms with Gasteiger partial charge < -0.3 is 5.11 Å². The van der Waals surface area contributed by atoms with Crippen LogP contribution in [-0.4, -0.2) is 75.7 Å². The first-order chi connectivity index (χ1) is 11.3. The molecule has 0 spiro atoms. The van der Waals surface area contributed by atoms with Gasteiger partial charge in [-0.1, -0.05) is 20.8 Å². The van der Waals surface area contributed by atoms with Gasteiger partial charge in [0.1, 0.15) is 0 Å². The fourth-order valence-electron chi connectivity index (χ4n) is 2.60. The minimum atomic E-state index is -0.347. The largest absolute Gasteiger partial charge is 0.391 e. The maximum absolute atomic E-state index is 12.3. The summed E-state index contributed by atoms with van der Waals surface area (Å²) in [7, 11) is 0. The molecule has 2 rings (SSSR count). The number of nitrogens with zero attached hydrogens (tertiary/aromatic N) is 4. The van der Waals surface area contributed by atoms with Crippen LogP contribution in [0.5, 0.6) is 0 Å². The molecule has 1 saturated heterocycles. The maximum Gasteiger partial charge on any atom is 0.243 e. The fraction of sp³-hybridized carbons (Fsp3) is 0.706. The Hall–Kier alpha value is -1.57. The van der Waals surface area contributed by atoms with Gasteiger partial charge in [-0.25, -0.2) is 9.97 Å². The second kappa shape index (κ2) is 8.00. The molecular formula is C17H29N5O2. The second-order valence-corrected chi connectivity index (χ2v) is 7.46. The van der Waals surface area contributed by atoms with Gasteiger partial charge in [0.05, 0.1) is 12.1 Å². The number of β-amino-alcohol motifs (C(OH)–C–C–N with tert-alkyl or cyclic N) is 1. The molecule has 2 heterocycles.